The van der Waals surface area contributed by atoms with Crippen LogP contribution >= 0.6 is 0 Å². The second kappa shape index (κ2) is 8.96. The highest BCUT2D eigenvalue weighted by Crippen LogP contribution is 2.70. The fourth-order valence-electron chi connectivity index (χ4n) is 7.75. The summed E-state index contributed by atoms with van der Waals surface area (Å²) in [5, 5.41) is 37.0. The second-order valence-electron chi connectivity index (χ2n) is 12.3. The van der Waals surface area contributed by atoms with Crippen LogP contribution in [0.4, 0.5) is 0 Å². The highest BCUT2D eigenvalue weighted by Gasteiger charge is 2.81. The molecule has 10 nitrogen and oxygen atoms in total. The van der Waals surface area contributed by atoms with E-state index in [1.165, 1.54) is 27.2 Å². The zero-order valence-corrected chi connectivity index (χ0v) is 24.0. The minimum Gasteiger partial charge on any atom is -0.493 e. The van der Waals surface area contributed by atoms with Gasteiger partial charge in [-0.25, -0.2) is 4.79 Å². The number of aliphatic hydroxyl groups is 3. The van der Waals surface area contributed by atoms with E-state index in [0.717, 1.165) is 0 Å². The van der Waals surface area contributed by atoms with E-state index >= 15 is 0 Å². The molecule has 0 spiro atoms. The summed E-state index contributed by atoms with van der Waals surface area (Å²) in [5.74, 6) is 0.583. The molecule has 40 heavy (non-hydrogen) atoms. The van der Waals surface area contributed by atoms with Crippen molar-refractivity contribution in [2.75, 3.05) is 14.2 Å². The average molecular weight is 559 g/mol. The van der Waals surface area contributed by atoms with Crippen LogP contribution in [0.15, 0.2) is 33.5 Å². The molecule has 0 radical (unpaired) electrons. The van der Waals surface area contributed by atoms with Crippen molar-refractivity contribution < 1.29 is 43.5 Å². The fourth-order valence-corrected chi connectivity index (χ4v) is 7.75. The minimum atomic E-state index is -2.24. The predicted octanol–water partition coefficient (Wildman–Crippen LogP) is 3.52. The third-order valence-corrected chi connectivity index (χ3v) is 10.1. The van der Waals surface area contributed by atoms with Crippen LogP contribution < -0.4 is 19.8 Å². The van der Waals surface area contributed by atoms with Crippen LogP contribution in [0.25, 0.3) is 11.3 Å². The van der Waals surface area contributed by atoms with E-state index in [0.29, 0.717) is 29.9 Å². The highest BCUT2D eigenvalue weighted by molar-refractivity contribution is 5.67. The Balaban J connectivity index is 1.69. The van der Waals surface area contributed by atoms with Gasteiger partial charge in [0.05, 0.1) is 25.2 Å². The largest absolute Gasteiger partial charge is 0.493 e. The lowest BCUT2D eigenvalue weighted by atomic mass is 9.39. The van der Waals surface area contributed by atoms with Crippen molar-refractivity contribution in [1.29, 1.82) is 0 Å². The van der Waals surface area contributed by atoms with E-state index in [1.807, 2.05) is 13.8 Å². The van der Waals surface area contributed by atoms with Crippen LogP contribution in [-0.2, 0) is 9.53 Å². The summed E-state index contributed by atoms with van der Waals surface area (Å²) in [7, 11) is 3.01. The van der Waals surface area contributed by atoms with E-state index in [-0.39, 0.29) is 29.9 Å². The normalized spacial score (nSPS) is 35.9. The first-order valence-corrected chi connectivity index (χ1v) is 13.5. The van der Waals surface area contributed by atoms with Gasteiger partial charge in [-0.3, -0.25) is 4.79 Å². The van der Waals surface area contributed by atoms with Crippen molar-refractivity contribution in [1.82, 2.24) is 0 Å². The molecule has 10 heteroatoms. The van der Waals surface area contributed by atoms with E-state index < -0.39 is 51.4 Å². The number of benzene rings is 1. The highest BCUT2D eigenvalue weighted by atomic mass is 16.6. The van der Waals surface area contributed by atoms with Gasteiger partial charge < -0.3 is 38.7 Å². The van der Waals surface area contributed by atoms with Gasteiger partial charge in [-0.05, 0) is 56.2 Å². The summed E-state index contributed by atoms with van der Waals surface area (Å²) in [6, 6.07) is 6.52. The van der Waals surface area contributed by atoms with Crippen molar-refractivity contribution in [3.8, 4) is 28.6 Å². The van der Waals surface area contributed by atoms with Gasteiger partial charge in [0.25, 0.3) is 0 Å². The Morgan fingerprint density at radius 1 is 1.00 bits per heavy atom. The fraction of sp³-hybridized carbons (Fsp3) is 0.600. The van der Waals surface area contributed by atoms with Gasteiger partial charge >= 0.3 is 11.6 Å². The van der Waals surface area contributed by atoms with Crippen LogP contribution in [-0.4, -0.2) is 58.4 Å². The molecule has 3 aliphatic rings. The molecule has 1 aromatic heterocycles. The molecule has 0 bridgehead atoms. The molecule has 1 aliphatic heterocycles. The van der Waals surface area contributed by atoms with Gasteiger partial charge in [-0.15, -0.1) is 0 Å². The standard InChI is InChI=1S/C30H38O10/c1-16(31)38-22-10-11-26(2,3)29(34)13-12-27(4)30(35,28(22,29)5)24(32)23-21(40-27)15-19(39-25(23)33)17-8-9-18(36-6)20(14-17)37-7/h8-9,14-15,22,24,32,34-35H,10-13H2,1-7H3/t22-,24-,27-,28+,29-,30-/m0/s1. The number of carbonyl (C=O) groups excluding carboxylic acids is 1. The topological polar surface area (TPSA) is 145 Å². The average Bonchev–Trinajstić information content (AvgIpc) is 2.89. The summed E-state index contributed by atoms with van der Waals surface area (Å²) >= 11 is 0. The third-order valence-electron chi connectivity index (χ3n) is 10.1. The Labute approximate surface area is 232 Å². The number of esters is 1. The zero-order valence-electron chi connectivity index (χ0n) is 24.0. The molecule has 2 heterocycles. The molecule has 2 aromatic rings. The predicted molar refractivity (Wildman–Crippen MR) is 143 cm³/mol. The van der Waals surface area contributed by atoms with E-state index in [2.05, 4.69) is 0 Å². The number of aliphatic hydroxyl groups excluding tert-OH is 1. The number of hydrogen-bond acceptors (Lipinski definition) is 10. The summed E-state index contributed by atoms with van der Waals surface area (Å²) in [5.41, 5.74) is -8.26. The molecule has 0 saturated heterocycles. The van der Waals surface area contributed by atoms with Crippen molar-refractivity contribution in [2.24, 2.45) is 10.8 Å². The number of methoxy groups -OCH3 is 2. The maximum atomic E-state index is 13.5. The first-order chi connectivity index (χ1) is 18.6. The Bertz CT molecular complexity index is 1410. The molecule has 3 N–H and O–H groups in total. The third kappa shape index (κ3) is 3.45. The summed E-state index contributed by atoms with van der Waals surface area (Å²) < 4.78 is 28.5. The number of rotatable bonds is 4. The van der Waals surface area contributed by atoms with E-state index in [4.69, 9.17) is 23.4 Å². The lowest BCUT2D eigenvalue weighted by Crippen LogP contribution is -2.84. The number of hydrogen-bond donors (Lipinski definition) is 3. The molecular formula is C30H38O10. The van der Waals surface area contributed by atoms with E-state index in [1.54, 1.807) is 32.0 Å². The Kier molecular flexibility index (Phi) is 6.37. The summed E-state index contributed by atoms with van der Waals surface area (Å²) in [6.07, 6.45) is -1.54. The van der Waals surface area contributed by atoms with Gasteiger partial charge in [-0.1, -0.05) is 20.8 Å². The van der Waals surface area contributed by atoms with Gasteiger partial charge in [0.1, 0.15) is 40.5 Å². The smallest absolute Gasteiger partial charge is 0.346 e. The second-order valence-corrected chi connectivity index (χ2v) is 12.3. The first kappa shape index (κ1) is 28.4. The summed E-state index contributed by atoms with van der Waals surface area (Å²) in [4.78, 5) is 25.6. The Morgan fingerprint density at radius 3 is 2.30 bits per heavy atom. The quantitative estimate of drug-likeness (QED) is 0.477. The number of ether oxygens (including phenoxy) is 4. The molecule has 0 amide bonds. The first-order valence-electron chi connectivity index (χ1n) is 13.5. The number of carbonyl (C=O) groups is 1. The SMILES string of the molecule is COc1ccc(-c2cc3c(c(=O)o2)[C@H](O)[C@@]2(O)[C@]4(C)[C@@H](OC(C)=O)CCC(C)(C)[C@@]4(O)CC[C@]2(C)O3)cc1OC. The maximum absolute atomic E-state index is 13.5. The van der Waals surface area contributed by atoms with Gasteiger partial charge in [-0.2, -0.15) is 0 Å². The number of fused-ring (bicyclic) bond motifs is 4. The maximum Gasteiger partial charge on any atom is 0.346 e. The van der Waals surface area contributed by atoms with Crippen LogP contribution in [0.3, 0.4) is 0 Å². The molecule has 0 unspecified atom stereocenters. The molecule has 218 valence electrons. The van der Waals surface area contributed by atoms with Crippen LogP contribution in [0.2, 0.25) is 0 Å². The molecule has 5 rings (SSSR count). The molecule has 2 aliphatic carbocycles. The van der Waals surface area contributed by atoms with Crippen LogP contribution in [0.5, 0.6) is 17.2 Å². The van der Waals surface area contributed by atoms with Gasteiger partial charge in [0, 0.05) is 18.6 Å². The van der Waals surface area contributed by atoms with Crippen LogP contribution in [0.1, 0.15) is 72.0 Å². The Morgan fingerprint density at radius 2 is 1.68 bits per heavy atom. The zero-order chi connectivity index (χ0) is 29.5. The minimum absolute atomic E-state index is 0.0638. The van der Waals surface area contributed by atoms with Crippen molar-refractivity contribution >= 4 is 5.97 Å². The molecule has 2 fully saturated rings. The van der Waals surface area contributed by atoms with Crippen LogP contribution in [0, 0.1) is 10.8 Å². The van der Waals surface area contributed by atoms with Crippen molar-refractivity contribution in [2.45, 2.75) is 89.3 Å². The molecule has 2 saturated carbocycles. The monoisotopic (exact) mass is 558 g/mol. The molecule has 6 atom stereocenters. The van der Waals surface area contributed by atoms with Gasteiger partial charge in [0.15, 0.2) is 11.5 Å². The lowest BCUT2D eigenvalue weighted by molar-refractivity contribution is -0.375. The molecule has 1 aromatic carbocycles. The molecular weight excluding hydrogens is 520 g/mol. The van der Waals surface area contributed by atoms with Crippen molar-refractivity contribution in [3.05, 3.63) is 40.2 Å². The lowest BCUT2D eigenvalue weighted by Gasteiger charge is -2.72. The van der Waals surface area contributed by atoms with E-state index in [9.17, 15) is 24.9 Å². The van der Waals surface area contributed by atoms with Gasteiger partial charge in [0.2, 0.25) is 0 Å². The summed E-state index contributed by atoms with van der Waals surface area (Å²) in [6.45, 7) is 8.34. The Hall–Kier alpha value is -3.08. The van der Waals surface area contributed by atoms with Crippen molar-refractivity contribution in [3.63, 3.8) is 0 Å².